The van der Waals surface area contributed by atoms with E-state index in [2.05, 4.69) is 6.07 Å². The molecule has 0 aliphatic rings. The van der Waals surface area contributed by atoms with Crippen molar-refractivity contribution in [3.05, 3.63) is 30.0 Å². The Morgan fingerprint density at radius 2 is 2.10 bits per heavy atom. The van der Waals surface area contributed by atoms with Gasteiger partial charge in [-0.2, -0.15) is 5.26 Å². The van der Waals surface area contributed by atoms with Gasteiger partial charge in [0.2, 0.25) is 0 Å². The van der Waals surface area contributed by atoms with Crippen LogP contribution in [0.2, 0.25) is 0 Å². The van der Waals surface area contributed by atoms with Gasteiger partial charge in [0.15, 0.2) is 0 Å². The fourth-order valence-corrected chi connectivity index (χ4v) is 2.09. The number of nitriles is 1. The molecule has 0 saturated carbocycles. The second kappa shape index (κ2) is 5.49. The van der Waals surface area contributed by atoms with Gasteiger partial charge in [-0.05, 0) is 38.5 Å². The van der Waals surface area contributed by atoms with Crippen molar-refractivity contribution >= 4 is 17.0 Å². The average Bonchev–Trinajstić information content (AvgIpc) is 2.75. The van der Waals surface area contributed by atoms with E-state index < -0.39 is 11.7 Å². The van der Waals surface area contributed by atoms with E-state index in [1.165, 1.54) is 4.57 Å². The van der Waals surface area contributed by atoms with Crippen molar-refractivity contribution in [1.29, 1.82) is 5.26 Å². The summed E-state index contributed by atoms with van der Waals surface area (Å²) < 4.78 is 12.0. The fraction of sp³-hybridized carbons (Fsp3) is 0.375. The lowest BCUT2D eigenvalue weighted by molar-refractivity contribution is 0.0544. The number of benzene rings is 1. The number of nitrogens with zero attached hydrogens (tertiary/aromatic N) is 2. The first-order valence-electron chi connectivity index (χ1n) is 6.64. The highest BCUT2D eigenvalue weighted by Crippen LogP contribution is 2.27. The molecule has 2 rings (SSSR count). The van der Waals surface area contributed by atoms with Gasteiger partial charge in [-0.25, -0.2) is 4.79 Å². The van der Waals surface area contributed by atoms with Crippen LogP contribution in [0, 0.1) is 11.3 Å². The molecular formula is C16H18N2O3. The zero-order valence-electron chi connectivity index (χ0n) is 12.6. The molecule has 1 aromatic heterocycles. The van der Waals surface area contributed by atoms with Crippen molar-refractivity contribution in [3.63, 3.8) is 0 Å². The Hall–Kier alpha value is -2.48. The molecule has 5 heteroatoms. The van der Waals surface area contributed by atoms with Crippen LogP contribution in [0.5, 0.6) is 5.75 Å². The largest absolute Gasteiger partial charge is 0.497 e. The van der Waals surface area contributed by atoms with Gasteiger partial charge in [-0.1, -0.05) is 0 Å². The zero-order chi connectivity index (χ0) is 15.6. The number of carbonyl (C=O) groups is 1. The molecule has 2 aromatic rings. The molecule has 0 amide bonds. The van der Waals surface area contributed by atoms with E-state index in [1.807, 2.05) is 32.9 Å². The normalized spacial score (nSPS) is 11.2. The first-order valence-corrected chi connectivity index (χ1v) is 6.64. The minimum Gasteiger partial charge on any atom is -0.497 e. The number of hydrogen-bond donors (Lipinski definition) is 0. The van der Waals surface area contributed by atoms with Gasteiger partial charge in [0.05, 0.1) is 25.1 Å². The highest BCUT2D eigenvalue weighted by atomic mass is 16.6. The lowest BCUT2D eigenvalue weighted by Gasteiger charge is -2.19. The van der Waals surface area contributed by atoms with Gasteiger partial charge < -0.3 is 9.47 Å². The quantitative estimate of drug-likeness (QED) is 0.847. The second-order valence-electron chi connectivity index (χ2n) is 5.72. The van der Waals surface area contributed by atoms with E-state index in [0.717, 1.165) is 10.9 Å². The van der Waals surface area contributed by atoms with Crippen molar-refractivity contribution in [2.45, 2.75) is 32.8 Å². The summed E-state index contributed by atoms with van der Waals surface area (Å²) in [5.74, 6) is 0.647. The van der Waals surface area contributed by atoms with Crippen molar-refractivity contribution in [1.82, 2.24) is 4.57 Å². The van der Waals surface area contributed by atoms with Gasteiger partial charge in [-0.15, -0.1) is 0 Å². The summed E-state index contributed by atoms with van der Waals surface area (Å²) in [6.45, 7) is 5.44. The van der Waals surface area contributed by atoms with Crippen LogP contribution in [0.1, 0.15) is 26.3 Å². The van der Waals surface area contributed by atoms with E-state index in [1.54, 1.807) is 19.4 Å². The Morgan fingerprint density at radius 3 is 2.67 bits per heavy atom. The molecule has 5 nitrogen and oxygen atoms in total. The first-order chi connectivity index (χ1) is 9.85. The summed E-state index contributed by atoms with van der Waals surface area (Å²) in [4.78, 5) is 12.3. The highest BCUT2D eigenvalue weighted by molar-refractivity contribution is 5.93. The maximum atomic E-state index is 12.3. The van der Waals surface area contributed by atoms with Crippen molar-refractivity contribution in [3.8, 4) is 11.8 Å². The molecule has 0 spiro atoms. The molecular weight excluding hydrogens is 268 g/mol. The maximum absolute atomic E-state index is 12.3. The van der Waals surface area contributed by atoms with Crippen LogP contribution in [0.3, 0.4) is 0 Å². The maximum Gasteiger partial charge on any atom is 0.419 e. The topological polar surface area (TPSA) is 64.2 Å². The molecule has 21 heavy (non-hydrogen) atoms. The van der Waals surface area contributed by atoms with E-state index in [0.29, 0.717) is 11.3 Å². The van der Waals surface area contributed by atoms with E-state index >= 15 is 0 Å². The molecule has 0 unspecified atom stereocenters. The molecule has 0 atom stereocenters. The third-order valence-corrected chi connectivity index (χ3v) is 2.96. The van der Waals surface area contributed by atoms with Crippen LogP contribution in [-0.4, -0.2) is 23.4 Å². The number of methoxy groups -OCH3 is 1. The van der Waals surface area contributed by atoms with E-state index in [9.17, 15) is 4.79 Å². The van der Waals surface area contributed by atoms with E-state index in [4.69, 9.17) is 14.7 Å². The third kappa shape index (κ3) is 3.16. The predicted octanol–water partition coefficient (Wildman–Crippen LogP) is 3.50. The molecule has 0 aliphatic carbocycles. The third-order valence-electron chi connectivity index (χ3n) is 2.96. The highest BCUT2D eigenvalue weighted by Gasteiger charge is 2.21. The van der Waals surface area contributed by atoms with Crippen LogP contribution in [0.4, 0.5) is 4.79 Å². The first kappa shape index (κ1) is 14.9. The summed E-state index contributed by atoms with van der Waals surface area (Å²) in [5.41, 5.74) is 0.886. The van der Waals surface area contributed by atoms with Crippen LogP contribution >= 0.6 is 0 Å². The minimum atomic E-state index is -0.581. The van der Waals surface area contributed by atoms with E-state index in [-0.39, 0.29) is 6.42 Å². The summed E-state index contributed by atoms with van der Waals surface area (Å²) in [6.07, 6.45) is 1.42. The van der Waals surface area contributed by atoms with Gasteiger partial charge in [-0.3, -0.25) is 4.57 Å². The summed E-state index contributed by atoms with van der Waals surface area (Å²) in [6, 6.07) is 7.53. The standard InChI is InChI=1S/C16H18N2O3/c1-16(2,3)21-15(19)18-10-11(7-8-17)13-6-5-12(20-4)9-14(13)18/h5-6,9-10H,7H2,1-4H3. The Morgan fingerprint density at radius 1 is 1.38 bits per heavy atom. The molecule has 1 heterocycles. The second-order valence-corrected chi connectivity index (χ2v) is 5.72. The minimum absolute atomic E-state index is 0.235. The molecule has 0 radical (unpaired) electrons. The predicted molar refractivity (Wildman–Crippen MR) is 79.4 cm³/mol. The number of hydrogen-bond acceptors (Lipinski definition) is 4. The Kier molecular flexibility index (Phi) is 3.90. The van der Waals surface area contributed by atoms with Crippen molar-refractivity contribution < 1.29 is 14.3 Å². The van der Waals surface area contributed by atoms with Crippen LogP contribution in [-0.2, 0) is 11.2 Å². The van der Waals surface area contributed by atoms with Crippen LogP contribution in [0.25, 0.3) is 10.9 Å². The smallest absolute Gasteiger partial charge is 0.419 e. The monoisotopic (exact) mass is 286 g/mol. The SMILES string of the molecule is COc1ccc2c(CC#N)cn(C(=O)OC(C)(C)C)c2c1. The average molecular weight is 286 g/mol. The lowest BCUT2D eigenvalue weighted by Crippen LogP contribution is -2.26. The fourth-order valence-electron chi connectivity index (χ4n) is 2.09. The summed E-state index contributed by atoms with van der Waals surface area (Å²) in [5, 5.41) is 9.76. The van der Waals surface area contributed by atoms with Gasteiger partial charge in [0.25, 0.3) is 0 Å². The molecule has 0 N–H and O–H groups in total. The number of ether oxygens (including phenoxy) is 2. The van der Waals surface area contributed by atoms with Crippen molar-refractivity contribution in [2.24, 2.45) is 0 Å². The Bertz CT molecular complexity index is 717. The Balaban J connectivity index is 2.56. The molecule has 1 aromatic carbocycles. The summed E-state index contributed by atoms with van der Waals surface area (Å²) >= 11 is 0. The van der Waals surface area contributed by atoms with Crippen LogP contribution < -0.4 is 4.74 Å². The number of rotatable bonds is 2. The molecule has 0 fully saturated rings. The molecule has 110 valence electrons. The number of carbonyl (C=O) groups excluding carboxylic acids is 1. The van der Waals surface area contributed by atoms with Gasteiger partial charge in [0.1, 0.15) is 11.4 Å². The molecule has 0 bridgehead atoms. The Labute approximate surface area is 123 Å². The van der Waals surface area contributed by atoms with Gasteiger partial charge >= 0.3 is 6.09 Å². The number of aromatic nitrogens is 1. The lowest BCUT2D eigenvalue weighted by atomic mass is 10.1. The molecule has 0 saturated heterocycles. The summed E-state index contributed by atoms with van der Waals surface area (Å²) in [7, 11) is 1.57. The zero-order valence-corrected chi connectivity index (χ0v) is 12.6. The van der Waals surface area contributed by atoms with Crippen LogP contribution in [0.15, 0.2) is 24.4 Å². The number of fused-ring (bicyclic) bond motifs is 1. The molecule has 0 aliphatic heterocycles. The van der Waals surface area contributed by atoms with Gasteiger partial charge in [0, 0.05) is 17.6 Å². The van der Waals surface area contributed by atoms with Crippen molar-refractivity contribution in [2.75, 3.05) is 7.11 Å².